The molecular formula is C28H34FN3O6. The first-order valence-electron chi connectivity index (χ1n) is 12.5. The predicted octanol–water partition coefficient (Wildman–Crippen LogP) is 3.41. The molecular weight excluding hydrogens is 493 g/mol. The van der Waals surface area contributed by atoms with Gasteiger partial charge in [0.2, 0.25) is 5.88 Å². The summed E-state index contributed by atoms with van der Waals surface area (Å²) in [5, 5.41) is 33.6. The highest BCUT2D eigenvalue weighted by Crippen LogP contribution is 2.33. The summed E-state index contributed by atoms with van der Waals surface area (Å²) in [5.41, 5.74) is 2.24. The number of benzene rings is 2. The monoisotopic (exact) mass is 527 g/mol. The Hall–Kier alpha value is -3.76. The molecule has 2 aromatic carbocycles. The van der Waals surface area contributed by atoms with Crippen LogP contribution in [0.3, 0.4) is 0 Å². The number of halogens is 1. The lowest BCUT2D eigenvalue weighted by Crippen LogP contribution is -2.30. The number of likely N-dealkylation sites (N-methyl/N-ethyl adjacent to an activating group) is 1. The zero-order valence-electron chi connectivity index (χ0n) is 21.7. The number of hydrogen-bond acceptors (Lipinski definition) is 6. The average molecular weight is 528 g/mol. The van der Waals surface area contributed by atoms with Gasteiger partial charge in [-0.1, -0.05) is 44.2 Å². The van der Waals surface area contributed by atoms with Crippen LogP contribution in [0.15, 0.2) is 54.6 Å². The van der Waals surface area contributed by atoms with E-state index in [1.165, 1.54) is 28.9 Å². The molecule has 10 heteroatoms. The van der Waals surface area contributed by atoms with E-state index in [-0.39, 0.29) is 36.4 Å². The SMILES string of the molecule is CC(C)c1c(C(=O)N(C)CCc2ccccc2)nn(-c2ccc(F)cc2)c1OC[C@@H](O)C[C@@H](O)CC(=O)O. The van der Waals surface area contributed by atoms with Crippen molar-refractivity contribution in [1.29, 1.82) is 0 Å². The van der Waals surface area contributed by atoms with Gasteiger partial charge in [0.05, 0.1) is 24.3 Å². The maximum atomic E-state index is 13.6. The Morgan fingerprint density at radius 2 is 1.71 bits per heavy atom. The molecule has 3 N–H and O–H groups in total. The highest BCUT2D eigenvalue weighted by molar-refractivity contribution is 5.94. The number of amides is 1. The van der Waals surface area contributed by atoms with Gasteiger partial charge in [0.1, 0.15) is 12.4 Å². The minimum Gasteiger partial charge on any atom is -0.481 e. The van der Waals surface area contributed by atoms with E-state index in [0.717, 1.165) is 5.56 Å². The molecule has 0 aliphatic carbocycles. The molecule has 1 aromatic heterocycles. The number of carboxylic acid groups (broad SMARTS) is 1. The summed E-state index contributed by atoms with van der Waals surface area (Å²) in [6, 6.07) is 15.3. The Bertz CT molecular complexity index is 1210. The second-order valence-corrected chi connectivity index (χ2v) is 9.52. The summed E-state index contributed by atoms with van der Waals surface area (Å²) >= 11 is 0. The molecule has 0 fully saturated rings. The van der Waals surface area contributed by atoms with Crippen LogP contribution in [0.4, 0.5) is 4.39 Å². The summed E-state index contributed by atoms with van der Waals surface area (Å²) in [4.78, 5) is 25.9. The first kappa shape index (κ1) is 28.8. The second-order valence-electron chi connectivity index (χ2n) is 9.52. The number of rotatable bonds is 13. The molecule has 0 radical (unpaired) electrons. The van der Waals surface area contributed by atoms with E-state index in [9.17, 15) is 24.2 Å². The molecule has 3 rings (SSSR count). The van der Waals surface area contributed by atoms with Crippen LogP contribution in [0.2, 0.25) is 0 Å². The van der Waals surface area contributed by atoms with Gasteiger partial charge in [-0.05, 0) is 42.2 Å². The molecule has 0 aliphatic heterocycles. The Labute approximate surface area is 221 Å². The fourth-order valence-corrected chi connectivity index (χ4v) is 4.06. The van der Waals surface area contributed by atoms with E-state index in [4.69, 9.17) is 9.84 Å². The molecule has 1 heterocycles. The quantitative estimate of drug-likeness (QED) is 0.311. The topological polar surface area (TPSA) is 125 Å². The second kappa shape index (κ2) is 13.2. The number of hydrogen-bond donors (Lipinski definition) is 3. The van der Waals surface area contributed by atoms with Gasteiger partial charge in [-0.15, -0.1) is 0 Å². The van der Waals surface area contributed by atoms with Gasteiger partial charge in [-0.2, -0.15) is 5.10 Å². The maximum Gasteiger partial charge on any atom is 0.305 e. The molecule has 0 saturated carbocycles. The van der Waals surface area contributed by atoms with Crippen molar-refractivity contribution in [1.82, 2.24) is 14.7 Å². The third-order valence-electron chi connectivity index (χ3n) is 6.02. The third kappa shape index (κ3) is 7.62. The van der Waals surface area contributed by atoms with E-state index >= 15 is 0 Å². The smallest absolute Gasteiger partial charge is 0.305 e. The molecule has 38 heavy (non-hydrogen) atoms. The Morgan fingerprint density at radius 3 is 2.32 bits per heavy atom. The van der Waals surface area contributed by atoms with Crippen molar-refractivity contribution >= 4 is 11.9 Å². The fraction of sp³-hybridized carbons (Fsp3) is 0.393. The molecule has 0 spiro atoms. The lowest BCUT2D eigenvalue weighted by molar-refractivity contribution is -0.139. The van der Waals surface area contributed by atoms with Crippen LogP contribution >= 0.6 is 0 Å². The number of aromatic nitrogens is 2. The number of nitrogens with zero attached hydrogens (tertiary/aromatic N) is 3. The summed E-state index contributed by atoms with van der Waals surface area (Å²) in [6.07, 6.45) is -2.47. The zero-order valence-corrected chi connectivity index (χ0v) is 21.7. The first-order valence-corrected chi connectivity index (χ1v) is 12.5. The molecule has 0 bridgehead atoms. The van der Waals surface area contributed by atoms with Crippen LogP contribution in [-0.4, -0.2) is 74.3 Å². The normalized spacial score (nSPS) is 12.8. The van der Waals surface area contributed by atoms with E-state index in [2.05, 4.69) is 5.10 Å². The number of aliphatic hydroxyl groups is 2. The minimum atomic E-state index is -1.24. The third-order valence-corrected chi connectivity index (χ3v) is 6.02. The fourth-order valence-electron chi connectivity index (χ4n) is 4.06. The molecule has 0 aliphatic rings. The van der Waals surface area contributed by atoms with Crippen LogP contribution in [-0.2, 0) is 11.2 Å². The van der Waals surface area contributed by atoms with Crippen molar-refractivity contribution in [3.63, 3.8) is 0 Å². The van der Waals surface area contributed by atoms with Gasteiger partial charge in [0, 0.05) is 25.6 Å². The Kier molecular flexibility index (Phi) is 9.98. The molecule has 204 valence electrons. The average Bonchev–Trinajstić information content (AvgIpc) is 3.26. The van der Waals surface area contributed by atoms with Gasteiger partial charge in [0.25, 0.3) is 5.91 Å². The van der Waals surface area contributed by atoms with Gasteiger partial charge in [-0.3, -0.25) is 9.59 Å². The molecule has 2 atom stereocenters. The van der Waals surface area contributed by atoms with Gasteiger partial charge < -0.3 is 25.0 Å². The number of aliphatic hydroxyl groups excluding tert-OH is 2. The van der Waals surface area contributed by atoms with Crippen LogP contribution < -0.4 is 4.74 Å². The molecule has 0 saturated heterocycles. The largest absolute Gasteiger partial charge is 0.481 e. The van der Waals surface area contributed by atoms with Gasteiger partial charge in [-0.25, -0.2) is 9.07 Å². The predicted molar refractivity (Wildman–Crippen MR) is 139 cm³/mol. The van der Waals surface area contributed by atoms with Crippen molar-refractivity contribution in [2.45, 2.75) is 51.2 Å². The molecule has 3 aromatic rings. The lowest BCUT2D eigenvalue weighted by Gasteiger charge is -2.19. The van der Waals surface area contributed by atoms with Gasteiger partial charge >= 0.3 is 5.97 Å². The Balaban J connectivity index is 1.90. The number of carbonyl (C=O) groups excluding carboxylic acids is 1. The summed E-state index contributed by atoms with van der Waals surface area (Å²) in [7, 11) is 1.69. The lowest BCUT2D eigenvalue weighted by atomic mass is 10.0. The highest BCUT2D eigenvalue weighted by atomic mass is 19.1. The Morgan fingerprint density at radius 1 is 1.05 bits per heavy atom. The summed E-state index contributed by atoms with van der Waals surface area (Å²) in [6.45, 7) is 3.94. The van der Waals surface area contributed by atoms with Crippen LogP contribution in [0.1, 0.15) is 54.2 Å². The maximum absolute atomic E-state index is 13.6. The number of aliphatic carboxylic acids is 1. The highest BCUT2D eigenvalue weighted by Gasteiger charge is 2.29. The standard InChI is InChI=1S/C28H34FN3O6/c1-18(2)25-26(27(37)31(3)14-13-19-7-5-4-6-8-19)30-32(21-11-9-20(29)10-12-21)28(25)38-17-23(34)15-22(33)16-24(35)36/h4-12,18,22-23,33-34H,13-17H2,1-3H3,(H,35,36)/t22-,23+/m1/s1. The van der Waals surface area contributed by atoms with Crippen molar-refractivity contribution < 1.29 is 34.0 Å². The van der Waals surface area contributed by atoms with Crippen LogP contribution in [0.25, 0.3) is 5.69 Å². The molecule has 0 unspecified atom stereocenters. The van der Waals surface area contributed by atoms with E-state index < -0.39 is 30.4 Å². The summed E-state index contributed by atoms with van der Waals surface area (Å²) in [5.74, 6) is -1.92. The van der Waals surface area contributed by atoms with Crippen LogP contribution in [0, 0.1) is 5.82 Å². The first-order chi connectivity index (χ1) is 18.1. The number of ether oxygens (including phenoxy) is 1. The van der Waals surface area contributed by atoms with E-state index in [1.807, 2.05) is 44.2 Å². The van der Waals surface area contributed by atoms with E-state index in [1.54, 1.807) is 11.9 Å². The van der Waals surface area contributed by atoms with Gasteiger partial charge in [0.15, 0.2) is 5.69 Å². The zero-order chi connectivity index (χ0) is 27.8. The van der Waals surface area contributed by atoms with Crippen molar-refractivity contribution in [2.75, 3.05) is 20.2 Å². The van der Waals surface area contributed by atoms with E-state index in [0.29, 0.717) is 24.2 Å². The molecule has 9 nitrogen and oxygen atoms in total. The number of carboxylic acids is 1. The van der Waals surface area contributed by atoms with Crippen molar-refractivity contribution in [3.8, 4) is 11.6 Å². The van der Waals surface area contributed by atoms with Crippen molar-refractivity contribution in [2.24, 2.45) is 0 Å². The van der Waals surface area contributed by atoms with Crippen molar-refractivity contribution in [3.05, 3.63) is 77.2 Å². The summed E-state index contributed by atoms with van der Waals surface area (Å²) < 4.78 is 21.0. The number of carbonyl (C=O) groups is 2. The molecule has 1 amide bonds. The minimum absolute atomic E-state index is 0.176. The van der Waals surface area contributed by atoms with Crippen LogP contribution in [0.5, 0.6) is 5.88 Å².